The summed E-state index contributed by atoms with van der Waals surface area (Å²) < 4.78 is 1.94. The van der Waals surface area contributed by atoms with Crippen LogP contribution in [0.5, 0.6) is 0 Å². The van der Waals surface area contributed by atoms with Crippen LogP contribution in [-0.2, 0) is 7.05 Å². The number of amides is 1. The van der Waals surface area contributed by atoms with Gasteiger partial charge < -0.3 is 9.88 Å². The first kappa shape index (κ1) is 21.2. The molecule has 0 aliphatic heterocycles. The lowest BCUT2D eigenvalue weighted by molar-refractivity contribution is 0.102. The van der Waals surface area contributed by atoms with Gasteiger partial charge in [0.05, 0.1) is 17.6 Å². The van der Waals surface area contributed by atoms with Gasteiger partial charge in [-0.25, -0.2) is 9.97 Å². The maximum Gasteiger partial charge on any atom is 0.255 e. The summed E-state index contributed by atoms with van der Waals surface area (Å²) in [5.41, 5.74) is 1.45. The van der Waals surface area contributed by atoms with Crippen molar-refractivity contribution in [2.75, 3.05) is 5.32 Å². The average molecular weight is 417 g/mol. The molecule has 4 rings (SSSR count). The van der Waals surface area contributed by atoms with E-state index in [4.69, 9.17) is 43.0 Å². The normalized spacial score (nSPS) is 11.1. The molecule has 11 heteroatoms. The van der Waals surface area contributed by atoms with Crippen LogP contribution in [0.2, 0.25) is 5.02 Å². The predicted octanol–water partition coefficient (Wildman–Crippen LogP) is -0.580. The average Bonchev–Trinajstić information content (AvgIpc) is 3.09. The molecular weight excluding hydrogens is 405 g/mol. The summed E-state index contributed by atoms with van der Waals surface area (Å²) in [6, 6.07) is 3.61. The van der Waals surface area contributed by atoms with E-state index in [1.54, 1.807) is 24.7 Å². The fraction of sp³-hybridized carbons (Fsp3) is 0.100. The molecule has 8 radical (unpaired) electrons. The molecule has 6 nitrogen and oxygen atoms in total. The lowest BCUT2D eigenvalue weighted by atomic mass is 9.67. The summed E-state index contributed by atoms with van der Waals surface area (Å²) in [6.45, 7) is 1.91. The molecule has 0 spiro atoms. The number of anilines is 1. The molecule has 0 fully saturated rings. The van der Waals surface area contributed by atoms with Gasteiger partial charge in [0.2, 0.25) is 0 Å². The SMILES string of the molecule is [B]c1c([B])c(C(=O)Nc2cc3cc(-c4cnc(C)n4C)ncc3cn2)c([B])c([B])c1Cl. The molecule has 0 bridgehead atoms. The van der Waals surface area contributed by atoms with Gasteiger partial charge >= 0.3 is 0 Å². The van der Waals surface area contributed by atoms with E-state index in [2.05, 4.69) is 20.3 Å². The maximum atomic E-state index is 12.9. The fourth-order valence-electron chi connectivity index (χ4n) is 3.21. The molecule has 3 heterocycles. The molecular formula is C20H12B4ClN5O. The van der Waals surface area contributed by atoms with E-state index in [1.165, 1.54) is 0 Å². The number of imidazole rings is 1. The van der Waals surface area contributed by atoms with Crippen molar-refractivity contribution in [1.82, 2.24) is 19.5 Å². The molecule has 1 aromatic carbocycles. The van der Waals surface area contributed by atoms with Crippen LogP contribution in [0.1, 0.15) is 16.2 Å². The highest BCUT2D eigenvalue weighted by molar-refractivity contribution is 6.65. The summed E-state index contributed by atoms with van der Waals surface area (Å²) >= 11 is 6.00. The van der Waals surface area contributed by atoms with Crippen LogP contribution in [-0.4, -0.2) is 56.8 Å². The van der Waals surface area contributed by atoms with Gasteiger partial charge in [0.25, 0.3) is 5.91 Å². The molecule has 31 heavy (non-hydrogen) atoms. The molecule has 142 valence electrons. The third-order valence-corrected chi connectivity index (χ3v) is 5.55. The predicted molar refractivity (Wildman–Crippen MR) is 127 cm³/mol. The molecule has 4 aromatic rings. The number of carbonyl (C=O) groups excluding carboxylic acids is 1. The number of hydrogen-bond donors (Lipinski definition) is 1. The number of carbonyl (C=O) groups is 1. The fourth-order valence-corrected chi connectivity index (χ4v) is 3.41. The molecule has 1 N–H and O–H groups in total. The van der Waals surface area contributed by atoms with Gasteiger partial charge in [0.15, 0.2) is 0 Å². The van der Waals surface area contributed by atoms with Crippen LogP contribution in [0.3, 0.4) is 0 Å². The highest BCUT2D eigenvalue weighted by Crippen LogP contribution is 2.23. The smallest absolute Gasteiger partial charge is 0.255 e. The number of pyridine rings is 2. The Morgan fingerprint density at radius 2 is 1.58 bits per heavy atom. The van der Waals surface area contributed by atoms with E-state index in [0.717, 1.165) is 28.0 Å². The van der Waals surface area contributed by atoms with Gasteiger partial charge in [-0.1, -0.05) is 33.5 Å². The number of fused-ring (bicyclic) bond motifs is 1. The second kappa shape index (κ2) is 7.93. The first-order chi connectivity index (χ1) is 14.7. The zero-order chi connectivity index (χ0) is 22.4. The monoisotopic (exact) mass is 417 g/mol. The number of benzene rings is 1. The maximum absolute atomic E-state index is 12.9. The molecule has 0 aliphatic rings. The molecule has 3 aromatic heterocycles. The van der Waals surface area contributed by atoms with Crippen LogP contribution < -0.4 is 27.2 Å². The van der Waals surface area contributed by atoms with E-state index < -0.39 is 5.91 Å². The zero-order valence-corrected chi connectivity index (χ0v) is 17.5. The van der Waals surface area contributed by atoms with Crippen molar-refractivity contribution in [3.8, 4) is 11.4 Å². The largest absolute Gasteiger partial charge is 0.330 e. The van der Waals surface area contributed by atoms with Crippen molar-refractivity contribution in [2.45, 2.75) is 6.92 Å². The second-order valence-electron chi connectivity index (χ2n) is 7.03. The highest BCUT2D eigenvalue weighted by atomic mass is 35.5. The topological polar surface area (TPSA) is 72.7 Å². The van der Waals surface area contributed by atoms with Gasteiger partial charge in [-0.2, -0.15) is 0 Å². The number of nitrogens with one attached hydrogen (secondary N) is 1. The number of halogens is 1. The van der Waals surface area contributed by atoms with Crippen molar-refractivity contribution in [1.29, 1.82) is 0 Å². The van der Waals surface area contributed by atoms with Gasteiger partial charge in [0.1, 0.15) is 43.0 Å². The Balaban J connectivity index is 1.71. The second-order valence-corrected chi connectivity index (χ2v) is 7.41. The molecule has 0 saturated heterocycles. The Morgan fingerprint density at radius 3 is 2.19 bits per heavy atom. The Morgan fingerprint density at radius 1 is 0.935 bits per heavy atom. The van der Waals surface area contributed by atoms with Crippen LogP contribution >= 0.6 is 11.6 Å². The molecule has 0 aliphatic carbocycles. The number of aromatic nitrogens is 4. The number of hydrogen-bond acceptors (Lipinski definition) is 4. The van der Waals surface area contributed by atoms with Crippen molar-refractivity contribution in [3.63, 3.8) is 0 Å². The lowest BCUT2D eigenvalue weighted by Gasteiger charge is -2.18. The first-order valence-electron chi connectivity index (χ1n) is 9.16. The Bertz CT molecular complexity index is 1340. The van der Waals surface area contributed by atoms with E-state index in [9.17, 15) is 4.79 Å². The summed E-state index contributed by atoms with van der Waals surface area (Å²) in [4.78, 5) is 25.9. The van der Waals surface area contributed by atoms with E-state index in [-0.39, 0.29) is 32.4 Å². The Hall–Kier alpha value is -2.99. The lowest BCUT2D eigenvalue weighted by Crippen LogP contribution is -2.47. The summed E-state index contributed by atoms with van der Waals surface area (Å²) in [5, 5.41) is 4.32. The Labute approximate surface area is 189 Å². The van der Waals surface area contributed by atoms with Gasteiger partial charge in [-0.05, 0) is 24.4 Å². The first-order valence-corrected chi connectivity index (χ1v) is 9.54. The van der Waals surface area contributed by atoms with Crippen LogP contribution in [0, 0.1) is 6.92 Å². The van der Waals surface area contributed by atoms with Crippen LogP contribution in [0.25, 0.3) is 22.2 Å². The Kier molecular flexibility index (Phi) is 5.43. The number of nitrogens with zero attached hydrogens (tertiary/aromatic N) is 4. The van der Waals surface area contributed by atoms with E-state index in [0.29, 0.717) is 5.82 Å². The summed E-state index contributed by atoms with van der Waals surface area (Å²) in [6.07, 6.45) is 5.07. The number of rotatable bonds is 3. The van der Waals surface area contributed by atoms with Crippen molar-refractivity contribution in [3.05, 3.63) is 47.1 Å². The minimum absolute atomic E-state index is 0.00725. The van der Waals surface area contributed by atoms with Crippen LogP contribution in [0.15, 0.2) is 30.7 Å². The minimum atomic E-state index is -0.603. The van der Waals surface area contributed by atoms with Gasteiger partial charge in [-0.3, -0.25) is 9.78 Å². The van der Waals surface area contributed by atoms with E-state index >= 15 is 0 Å². The molecule has 0 unspecified atom stereocenters. The molecule has 0 atom stereocenters. The molecule has 0 saturated carbocycles. The summed E-state index contributed by atoms with van der Waals surface area (Å²) in [7, 11) is 25.5. The van der Waals surface area contributed by atoms with Gasteiger partial charge in [-0.15, -0.1) is 0 Å². The number of aryl methyl sites for hydroxylation is 1. The van der Waals surface area contributed by atoms with Gasteiger partial charge in [0, 0.05) is 35.4 Å². The summed E-state index contributed by atoms with van der Waals surface area (Å²) in [5.74, 6) is 0.562. The van der Waals surface area contributed by atoms with E-state index in [1.807, 2.05) is 24.6 Å². The van der Waals surface area contributed by atoms with Crippen molar-refractivity contribution in [2.24, 2.45) is 7.05 Å². The standard InChI is InChI=1S/C20H12B4ClN5O/c1-8-26-7-12(30(8)2)11-3-9-4-13(28-6-10(9)5-27-11)29-20(31)14-15(21)17(23)19(25)18(24)16(14)22/h3-7H,1-2H3,(H,28,29,31). The quantitative estimate of drug-likeness (QED) is 0.453. The molecule has 1 amide bonds. The zero-order valence-electron chi connectivity index (χ0n) is 16.8. The van der Waals surface area contributed by atoms with Crippen molar-refractivity contribution >= 4 is 87.3 Å². The highest BCUT2D eigenvalue weighted by Gasteiger charge is 2.18. The third-order valence-electron chi connectivity index (χ3n) is 5.15. The van der Waals surface area contributed by atoms with Crippen molar-refractivity contribution < 1.29 is 4.79 Å². The minimum Gasteiger partial charge on any atom is -0.330 e. The van der Waals surface area contributed by atoms with Crippen LogP contribution in [0.4, 0.5) is 5.82 Å². The third kappa shape index (κ3) is 3.65.